The van der Waals surface area contributed by atoms with E-state index in [1.807, 2.05) is 0 Å². The van der Waals surface area contributed by atoms with Crippen LogP contribution in [0, 0.1) is 6.92 Å². The molecule has 116 valence electrons. The summed E-state index contributed by atoms with van der Waals surface area (Å²) < 4.78 is 6.03. The molecule has 0 amide bonds. The molecule has 0 aliphatic heterocycles. The minimum atomic E-state index is 0.0980. The minimum absolute atomic E-state index is 0.0980. The standard InChI is InChI=1S/C19H29NO/c1-8-19(6,7)14-9-10-16-15(11-14)13(2)17(21-16)12-20-18(3,4)5/h9-11,20H,8,12H2,1-7H3. The fourth-order valence-electron chi connectivity index (χ4n) is 2.41. The van der Waals surface area contributed by atoms with Crippen LogP contribution in [0.1, 0.15) is 64.9 Å². The molecule has 2 aromatic rings. The Morgan fingerprint density at radius 3 is 2.33 bits per heavy atom. The first-order valence-electron chi connectivity index (χ1n) is 7.91. The van der Waals surface area contributed by atoms with Crippen molar-refractivity contribution >= 4 is 11.0 Å². The highest BCUT2D eigenvalue weighted by atomic mass is 16.3. The Labute approximate surface area is 128 Å². The molecule has 21 heavy (non-hydrogen) atoms. The van der Waals surface area contributed by atoms with E-state index in [4.69, 9.17) is 4.42 Å². The van der Waals surface area contributed by atoms with Gasteiger partial charge in [-0.1, -0.05) is 26.8 Å². The second kappa shape index (κ2) is 5.49. The molecule has 0 aliphatic carbocycles. The van der Waals surface area contributed by atoms with Crippen molar-refractivity contribution in [1.29, 1.82) is 0 Å². The number of fused-ring (bicyclic) bond motifs is 1. The van der Waals surface area contributed by atoms with E-state index in [1.54, 1.807) is 0 Å². The number of furan rings is 1. The average molecular weight is 287 g/mol. The van der Waals surface area contributed by atoms with Gasteiger partial charge in [-0.25, -0.2) is 0 Å². The highest BCUT2D eigenvalue weighted by molar-refractivity contribution is 5.83. The van der Waals surface area contributed by atoms with Crippen molar-refractivity contribution in [2.45, 2.75) is 72.4 Å². The van der Waals surface area contributed by atoms with Crippen LogP contribution in [0.25, 0.3) is 11.0 Å². The van der Waals surface area contributed by atoms with Gasteiger partial charge < -0.3 is 9.73 Å². The number of aryl methyl sites for hydroxylation is 1. The quantitative estimate of drug-likeness (QED) is 0.823. The second-order valence-corrected chi connectivity index (χ2v) is 7.70. The maximum absolute atomic E-state index is 6.03. The smallest absolute Gasteiger partial charge is 0.134 e. The fourth-order valence-corrected chi connectivity index (χ4v) is 2.41. The average Bonchev–Trinajstić information content (AvgIpc) is 2.72. The Morgan fingerprint density at radius 2 is 1.76 bits per heavy atom. The third-order valence-electron chi connectivity index (χ3n) is 4.48. The molecule has 0 saturated heterocycles. The zero-order valence-electron chi connectivity index (χ0n) is 14.6. The molecule has 1 aromatic carbocycles. The summed E-state index contributed by atoms with van der Waals surface area (Å²) >= 11 is 0. The highest BCUT2D eigenvalue weighted by Gasteiger charge is 2.20. The fraction of sp³-hybridized carbons (Fsp3) is 0.579. The van der Waals surface area contributed by atoms with Gasteiger partial charge in [0.15, 0.2) is 0 Å². The molecule has 0 fully saturated rings. The second-order valence-electron chi connectivity index (χ2n) is 7.70. The number of benzene rings is 1. The molecule has 0 radical (unpaired) electrons. The van der Waals surface area contributed by atoms with E-state index >= 15 is 0 Å². The van der Waals surface area contributed by atoms with Crippen LogP contribution in [-0.4, -0.2) is 5.54 Å². The lowest BCUT2D eigenvalue weighted by Gasteiger charge is -2.23. The molecule has 0 saturated carbocycles. The number of hydrogen-bond donors (Lipinski definition) is 1. The first-order valence-corrected chi connectivity index (χ1v) is 7.91. The molecule has 1 N–H and O–H groups in total. The van der Waals surface area contributed by atoms with E-state index in [-0.39, 0.29) is 11.0 Å². The lowest BCUT2D eigenvalue weighted by Crippen LogP contribution is -2.35. The molecule has 2 nitrogen and oxygen atoms in total. The first kappa shape index (κ1) is 16.1. The van der Waals surface area contributed by atoms with E-state index in [2.05, 4.69) is 72.0 Å². The topological polar surface area (TPSA) is 25.2 Å². The van der Waals surface area contributed by atoms with Gasteiger partial charge in [-0.3, -0.25) is 0 Å². The number of rotatable bonds is 4. The van der Waals surface area contributed by atoms with Crippen molar-refractivity contribution in [1.82, 2.24) is 5.32 Å². The lowest BCUT2D eigenvalue weighted by atomic mass is 9.82. The summed E-state index contributed by atoms with van der Waals surface area (Å²) in [6.07, 6.45) is 1.13. The van der Waals surface area contributed by atoms with Crippen LogP contribution in [0.3, 0.4) is 0 Å². The predicted molar refractivity (Wildman–Crippen MR) is 90.9 cm³/mol. The van der Waals surface area contributed by atoms with Gasteiger partial charge in [-0.2, -0.15) is 0 Å². The molecule has 2 heteroatoms. The molecule has 0 unspecified atom stereocenters. The van der Waals surface area contributed by atoms with Crippen molar-refractivity contribution in [3.8, 4) is 0 Å². The van der Waals surface area contributed by atoms with Gasteiger partial charge in [-0.15, -0.1) is 0 Å². The van der Waals surface area contributed by atoms with Gasteiger partial charge in [0, 0.05) is 10.9 Å². The van der Waals surface area contributed by atoms with Gasteiger partial charge in [0.2, 0.25) is 0 Å². The summed E-state index contributed by atoms with van der Waals surface area (Å²) in [6, 6.07) is 6.63. The van der Waals surface area contributed by atoms with Gasteiger partial charge in [0.1, 0.15) is 11.3 Å². The van der Waals surface area contributed by atoms with Gasteiger partial charge in [0.25, 0.3) is 0 Å². The Hall–Kier alpha value is -1.28. The Bertz CT molecular complexity index is 629. The largest absolute Gasteiger partial charge is 0.459 e. The third kappa shape index (κ3) is 3.49. The van der Waals surface area contributed by atoms with Gasteiger partial charge in [-0.05, 0) is 62.8 Å². The molecule has 0 atom stereocenters. The molecule has 1 heterocycles. The molecule has 2 rings (SSSR count). The van der Waals surface area contributed by atoms with Crippen LogP contribution in [-0.2, 0) is 12.0 Å². The van der Waals surface area contributed by atoms with Crippen LogP contribution < -0.4 is 5.32 Å². The molecule has 1 aromatic heterocycles. The number of nitrogens with one attached hydrogen (secondary N) is 1. The molecular formula is C19H29NO. The predicted octanol–water partition coefficient (Wildman–Crippen LogP) is 5.32. The monoisotopic (exact) mass is 287 g/mol. The van der Waals surface area contributed by atoms with Crippen molar-refractivity contribution < 1.29 is 4.42 Å². The van der Waals surface area contributed by atoms with Crippen LogP contribution in [0.2, 0.25) is 0 Å². The minimum Gasteiger partial charge on any atom is -0.459 e. The van der Waals surface area contributed by atoms with Gasteiger partial charge >= 0.3 is 0 Å². The van der Waals surface area contributed by atoms with Crippen LogP contribution in [0.5, 0.6) is 0 Å². The van der Waals surface area contributed by atoms with Crippen molar-refractivity contribution in [3.63, 3.8) is 0 Å². The van der Waals surface area contributed by atoms with E-state index in [0.29, 0.717) is 0 Å². The zero-order chi connectivity index (χ0) is 15.8. The van der Waals surface area contributed by atoms with Crippen LogP contribution >= 0.6 is 0 Å². The summed E-state index contributed by atoms with van der Waals surface area (Å²) in [5, 5.41) is 4.75. The van der Waals surface area contributed by atoms with Crippen molar-refractivity contribution in [2.24, 2.45) is 0 Å². The molecular weight excluding hydrogens is 258 g/mol. The Balaban J connectivity index is 2.38. The lowest BCUT2D eigenvalue weighted by molar-refractivity contribution is 0.394. The zero-order valence-corrected chi connectivity index (χ0v) is 14.6. The summed E-state index contributed by atoms with van der Waals surface area (Å²) in [5.74, 6) is 1.05. The summed E-state index contributed by atoms with van der Waals surface area (Å²) in [5.41, 5.74) is 3.95. The molecule has 0 bridgehead atoms. The maximum Gasteiger partial charge on any atom is 0.134 e. The molecule has 0 aliphatic rings. The van der Waals surface area contributed by atoms with E-state index in [9.17, 15) is 0 Å². The summed E-state index contributed by atoms with van der Waals surface area (Å²) in [4.78, 5) is 0. The van der Waals surface area contributed by atoms with Crippen molar-refractivity contribution in [2.75, 3.05) is 0 Å². The van der Waals surface area contributed by atoms with E-state index < -0.39 is 0 Å². The van der Waals surface area contributed by atoms with Crippen LogP contribution in [0.4, 0.5) is 0 Å². The Kier molecular flexibility index (Phi) is 4.21. The SMILES string of the molecule is CCC(C)(C)c1ccc2oc(CNC(C)(C)C)c(C)c2c1. The van der Waals surface area contributed by atoms with E-state index in [0.717, 1.165) is 24.3 Å². The number of hydrogen-bond acceptors (Lipinski definition) is 2. The Morgan fingerprint density at radius 1 is 1.10 bits per heavy atom. The van der Waals surface area contributed by atoms with Crippen LogP contribution in [0.15, 0.2) is 22.6 Å². The summed E-state index contributed by atoms with van der Waals surface area (Å²) in [6.45, 7) is 16.3. The normalized spacial score (nSPS) is 13.1. The first-order chi connectivity index (χ1) is 9.64. The third-order valence-corrected chi connectivity index (χ3v) is 4.48. The van der Waals surface area contributed by atoms with E-state index in [1.165, 1.54) is 16.5 Å². The van der Waals surface area contributed by atoms with Gasteiger partial charge in [0.05, 0.1) is 6.54 Å². The maximum atomic E-state index is 6.03. The molecule has 0 spiro atoms. The highest BCUT2D eigenvalue weighted by Crippen LogP contribution is 2.32. The van der Waals surface area contributed by atoms with Crippen molar-refractivity contribution in [3.05, 3.63) is 35.1 Å². The summed E-state index contributed by atoms with van der Waals surface area (Å²) in [7, 11) is 0.